The fraction of sp³-hybridized carbons (Fsp3) is 0.500. The van der Waals surface area contributed by atoms with E-state index >= 15 is 0 Å². The fourth-order valence-corrected chi connectivity index (χ4v) is 0.498. The van der Waals surface area contributed by atoms with Gasteiger partial charge >= 0.3 is 0 Å². The van der Waals surface area contributed by atoms with Gasteiger partial charge in [-0.1, -0.05) is 13.2 Å². The second kappa shape index (κ2) is 4.82. The number of allylic oxidation sites excluding steroid dienone is 2. The Morgan fingerprint density at radius 3 is 2.46 bits per heavy atom. The lowest BCUT2D eigenvalue weighted by atomic mass is 10.1. The van der Waals surface area contributed by atoms with E-state index in [1.165, 1.54) is 6.21 Å². The van der Waals surface area contributed by atoms with Crippen LogP contribution in [0.25, 0.3) is 0 Å². The summed E-state index contributed by atoms with van der Waals surface area (Å²) in [6.07, 6.45) is 1.54. The van der Waals surface area contributed by atoms with Crippen molar-refractivity contribution in [1.29, 1.82) is 0 Å². The van der Waals surface area contributed by atoms with Gasteiger partial charge in [0.1, 0.15) is 12.4 Å². The summed E-state index contributed by atoms with van der Waals surface area (Å²) < 4.78 is 5.25. The molecule has 0 atom stereocenters. The third-order valence-electron chi connectivity index (χ3n) is 1.06. The Bertz CT molecular complexity index is 224. The van der Waals surface area contributed by atoms with Gasteiger partial charge in [0.2, 0.25) is 0 Å². The number of aliphatic imine (C=N–C) groups is 1. The van der Waals surface area contributed by atoms with Crippen molar-refractivity contribution in [1.82, 2.24) is 0 Å². The molecular weight excluding hydrogens is 164 g/mol. The Balaban J connectivity index is 3.83. The highest BCUT2D eigenvalue weighted by Gasteiger charge is 2.10. The van der Waals surface area contributed by atoms with Gasteiger partial charge in [0.25, 0.3) is 0 Å². The molecule has 2 N–H and O–H groups in total. The summed E-state index contributed by atoms with van der Waals surface area (Å²) in [5.74, 6) is 0.501. The van der Waals surface area contributed by atoms with Crippen LogP contribution in [0.5, 0.6) is 0 Å². The van der Waals surface area contributed by atoms with Crippen molar-refractivity contribution in [2.75, 3.05) is 6.61 Å². The Labute approximate surface area is 80.0 Å². The van der Waals surface area contributed by atoms with Gasteiger partial charge in [0.05, 0.1) is 6.21 Å². The van der Waals surface area contributed by atoms with Gasteiger partial charge < -0.3 is 10.5 Å². The molecule has 13 heavy (non-hydrogen) atoms. The highest BCUT2D eigenvalue weighted by atomic mass is 16.5. The van der Waals surface area contributed by atoms with E-state index < -0.39 is 0 Å². The van der Waals surface area contributed by atoms with Crippen molar-refractivity contribution in [2.24, 2.45) is 10.7 Å². The zero-order valence-electron chi connectivity index (χ0n) is 8.63. The molecule has 0 saturated heterocycles. The molecule has 0 heterocycles. The molecule has 0 fully saturated rings. The third kappa shape index (κ3) is 8.82. The molecule has 3 nitrogen and oxygen atoms in total. The average molecular weight is 182 g/mol. The highest BCUT2D eigenvalue weighted by Crippen LogP contribution is 2.01. The average Bonchev–Trinajstić information content (AvgIpc) is 1.95. The van der Waals surface area contributed by atoms with Gasteiger partial charge in [0, 0.05) is 11.2 Å². The van der Waals surface area contributed by atoms with Crippen LogP contribution in [0.3, 0.4) is 0 Å². The molecule has 0 aromatic carbocycles. The molecule has 0 aromatic rings. The predicted molar refractivity (Wildman–Crippen MR) is 56.7 cm³/mol. The first-order valence-corrected chi connectivity index (χ1v) is 4.11. The van der Waals surface area contributed by atoms with Gasteiger partial charge in [-0.3, -0.25) is 4.99 Å². The highest BCUT2D eigenvalue weighted by molar-refractivity contribution is 5.75. The lowest BCUT2D eigenvalue weighted by molar-refractivity contribution is 0.178. The number of hydrogen-bond acceptors (Lipinski definition) is 3. The zero-order valence-corrected chi connectivity index (χ0v) is 8.63. The molecule has 0 amide bonds. The van der Waals surface area contributed by atoms with E-state index in [-0.39, 0.29) is 5.54 Å². The van der Waals surface area contributed by atoms with Crippen LogP contribution >= 0.6 is 0 Å². The molecule has 3 heteroatoms. The Kier molecular flexibility index (Phi) is 4.42. The SMILES string of the molecule is C=C(C)N=CC(=C)OCC(C)(C)N. The molecule has 0 aliphatic heterocycles. The van der Waals surface area contributed by atoms with E-state index in [9.17, 15) is 0 Å². The molecule has 0 aliphatic carbocycles. The molecule has 0 aliphatic rings. The summed E-state index contributed by atoms with van der Waals surface area (Å²) in [5, 5.41) is 0. The topological polar surface area (TPSA) is 47.6 Å². The number of hydrogen-bond donors (Lipinski definition) is 1. The molecule has 0 saturated carbocycles. The van der Waals surface area contributed by atoms with E-state index in [1.807, 2.05) is 13.8 Å². The summed E-state index contributed by atoms with van der Waals surface area (Å²) in [5.41, 5.74) is 6.08. The van der Waals surface area contributed by atoms with Crippen molar-refractivity contribution >= 4 is 6.21 Å². The van der Waals surface area contributed by atoms with Crippen LogP contribution in [-0.4, -0.2) is 18.4 Å². The summed E-state index contributed by atoms with van der Waals surface area (Å²) in [6, 6.07) is 0. The maximum atomic E-state index is 5.71. The van der Waals surface area contributed by atoms with Gasteiger partial charge in [-0.15, -0.1) is 0 Å². The minimum absolute atomic E-state index is 0.347. The van der Waals surface area contributed by atoms with Crippen LogP contribution in [-0.2, 0) is 4.74 Å². The van der Waals surface area contributed by atoms with Gasteiger partial charge in [-0.25, -0.2) is 0 Å². The van der Waals surface area contributed by atoms with Crippen LogP contribution < -0.4 is 5.73 Å². The second-order valence-electron chi connectivity index (χ2n) is 3.74. The number of ether oxygens (including phenoxy) is 1. The van der Waals surface area contributed by atoms with Crippen LogP contribution in [0, 0.1) is 0 Å². The smallest absolute Gasteiger partial charge is 0.130 e. The molecular formula is C10H18N2O. The summed E-state index contributed by atoms with van der Waals surface area (Å²) >= 11 is 0. The van der Waals surface area contributed by atoms with E-state index in [4.69, 9.17) is 10.5 Å². The van der Waals surface area contributed by atoms with Gasteiger partial charge in [-0.2, -0.15) is 0 Å². The zero-order chi connectivity index (χ0) is 10.5. The maximum Gasteiger partial charge on any atom is 0.130 e. The fourth-order valence-electron chi connectivity index (χ4n) is 0.498. The van der Waals surface area contributed by atoms with Crippen LogP contribution in [0.15, 0.2) is 29.6 Å². The van der Waals surface area contributed by atoms with Crippen LogP contribution in [0.1, 0.15) is 20.8 Å². The normalized spacial score (nSPS) is 11.7. The molecule has 0 radical (unpaired) electrons. The Hall–Kier alpha value is -1.09. The van der Waals surface area contributed by atoms with Gasteiger partial charge in [-0.05, 0) is 20.8 Å². The lowest BCUT2D eigenvalue weighted by Gasteiger charge is -2.18. The van der Waals surface area contributed by atoms with Crippen molar-refractivity contribution in [2.45, 2.75) is 26.3 Å². The van der Waals surface area contributed by atoms with E-state index in [0.717, 1.165) is 5.70 Å². The quantitative estimate of drug-likeness (QED) is 0.521. The van der Waals surface area contributed by atoms with Crippen LogP contribution in [0.4, 0.5) is 0 Å². The first-order valence-electron chi connectivity index (χ1n) is 4.11. The molecule has 0 unspecified atom stereocenters. The van der Waals surface area contributed by atoms with E-state index in [2.05, 4.69) is 18.2 Å². The monoisotopic (exact) mass is 182 g/mol. The molecule has 0 aromatic heterocycles. The van der Waals surface area contributed by atoms with Crippen molar-refractivity contribution in [3.63, 3.8) is 0 Å². The number of nitrogens with two attached hydrogens (primary N) is 1. The Morgan fingerprint density at radius 1 is 1.54 bits per heavy atom. The summed E-state index contributed by atoms with van der Waals surface area (Å²) in [7, 11) is 0. The minimum atomic E-state index is -0.347. The third-order valence-corrected chi connectivity index (χ3v) is 1.06. The standard InChI is InChI=1S/C10H18N2O/c1-8(2)12-6-9(3)13-7-10(4,5)11/h6H,1,3,7,11H2,2,4-5H3. The number of nitrogens with zero attached hydrogens (tertiary/aromatic N) is 1. The van der Waals surface area contributed by atoms with Crippen molar-refractivity contribution < 1.29 is 4.74 Å². The van der Waals surface area contributed by atoms with Crippen LogP contribution in [0.2, 0.25) is 0 Å². The second-order valence-corrected chi connectivity index (χ2v) is 3.74. The molecule has 0 spiro atoms. The predicted octanol–water partition coefficient (Wildman–Crippen LogP) is 1.86. The summed E-state index contributed by atoms with van der Waals surface area (Å²) in [6.45, 7) is 13.3. The molecule has 0 rings (SSSR count). The molecule has 0 bridgehead atoms. The first kappa shape index (κ1) is 11.9. The first-order chi connectivity index (χ1) is 5.81. The van der Waals surface area contributed by atoms with Gasteiger partial charge in [0.15, 0.2) is 0 Å². The summed E-state index contributed by atoms with van der Waals surface area (Å²) in [4.78, 5) is 3.94. The minimum Gasteiger partial charge on any atom is -0.491 e. The number of rotatable bonds is 5. The van der Waals surface area contributed by atoms with Crippen molar-refractivity contribution in [3.8, 4) is 0 Å². The Morgan fingerprint density at radius 2 is 2.08 bits per heavy atom. The lowest BCUT2D eigenvalue weighted by Crippen LogP contribution is -2.37. The maximum absolute atomic E-state index is 5.71. The molecule has 74 valence electrons. The largest absolute Gasteiger partial charge is 0.491 e. The van der Waals surface area contributed by atoms with E-state index in [0.29, 0.717) is 12.4 Å². The van der Waals surface area contributed by atoms with Crippen molar-refractivity contribution in [3.05, 3.63) is 24.6 Å². The van der Waals surface area contributed by atoms with E-state index in [1.54, 1.807) is 6.92 Å².